The lowest BCUT2D eigenvalue weighted by molar-refractivity contribution is 0.248. The molecule has 0 fully saturated rings. The summed E-state index contributed by atoms with van der Waals surface area (Å²) in [7, 11) is -3.36. The van der Waals surface area contributed by atoms with E-state index in [0.29, 0.717) is 5.69 Å². The molecule has 0 bridgehead atoms. The van der Waals surface area contributed by atoms with Gasteiger partial charge in [-0.2, -0.15) is 0 Å². The fraction of sp³-hybridized carbons (Fsp3) is 0.462. The summed E-state index contributed by atoms with van der Waals surface area (Å²) in [6, 6.07) is 6.01. The van der Waals surface area contributed by atoms with Crippen molar-refractivity contribution >= 4 is 21.6 Å². The molecule has 0 saturated heterocycles. The molecule has 5 nitrogen and oxygen atoms in total. The minimum Gasteiger partial charge on any atom is -0.335 e. The number of para-hydroxylation sites is 1. The molecule has 2 amide bonds. The van der Waals surface area contributed by atoms with Crippen molar-refractivity contribution in [1.82, 2.24) is 5.32 Å². The van der Waals surface area contributed by atoms with Gasteiger partial charge < -0.3 is 10.6 Å². The van der Waals surface area contributed by atoms with Crippen LogP contribution >= 0.6 is 0 Å². The van der Waals surface area contributed by atoms with Crippen LogP contribution in [0.5, 0.6) is 0 Å². The van der Waals surface area contributed by atoms with Crippen molar-refractivity contribution in [3.8, 4) is 0 Å². The van der Waals surface area contributed by atoms with Crippen LogP contribution in [-0.2, 0) is 9.84 Å². The van der Waals surface area contributed by atoms with Crippen LogP contribution in [0.3, 0.4) is 0 Å². The van der Waals surface area contributed by atoms with Gasteiger partial charge in [-0.3, -0.25) is 0 Å². The summed E-state index contributed by atoms with van der Waals surface area (Å²) in [4.78, 5) is 11.9. The molecule has 0 saturated carbocycles. The Morgan fingerprint density at radius 3 is 2.53 bits per heavy atom. The molecular weight excluding hydrogens is 264 g/mol. The Morgan fingerprint density at radius 2 is 1.95 bits per heavy atom. The van der Waals surface area contributed by atoms with Gasteiger partial charge in [0, 0.05) is 12.3 Å². The molecule has 106 valence electrons. The highest BCUT2D eigenvalue weighted by molar-refractivity contribution is 7.90. The standard InChI is InChI=1S/C13H20N2O3S/c1-4-7-10(2)14-13(16)15-11-8-5-6-9-12(11)19(3,17)18/h5-6,8-10H,4,7H2,1-3H3,(H2,14,15,16)/t10-/m1/s1. The van der Waals surface area contributed by atoms with E-state index in [0.717, 1.165) is 19.1 Å². The Morgan fingerprint density at radius 1 is 1.32 bits per heavy atom. The van der Waals surface area contributed by atoms with E-state index in [1.807, 2.05) is 13.8 Å². The van der Waals surface area contributed by atoms with Gasteiger partial charge in [0.15, 0.2) is 9.84 Å². The highest BCUT2D eigenvalue weighted by Crippen LogP contribution is 2.20. The second kappa shape index (κ2) is 6.56. The molecular formula is C13H20N2O3S. The summed E-state index contributed by atoms with van der Waals surface area (Å²) >= 11 is 0. The fourth-order valence-corrected chi connectivity index (χ4v) is 2.62. The SMILES string of the molecule is CCC[C@@H](C)NC(=O)Nc1ccccc1S(C)(=O)=O. The molecule has 19 heavy (non-hydrogen) atoms. The molecule has 6 heteroatoms. The molecule has 0 radical (unpaired) electrons. The summed E-state index contributed by atoms with van der Waals surface area (Å²) < 4.78 is 23.2. The normalized spacial score (nSPS) is 12.8. The summed E-state index contributed by atoms with van der Waals surface area (Å²) in [6.07, 6.45) is 2.97. The largest absolute Gasteiger partial charge is 0.335 e. The van der Waals surface area contributed by atoms with Crippen LogP contribution in [0.1, 0.15) is 26.7 Å². The van der Waals surface area contributed by atoms with Crippen molar-refractivity contribution in [2.45, 2.75) is 37.6 Å². The van der Waals surface area contributed by atoms with Crippen molar-refractivity contribution in [2.24, 2.45) is 0 Å². The summed E-state index contributed by atoms with van der Waals surface area (Å²) in [5, 5.41) is 5.34. The Bertz CT molecular complexity index is 541. The zero-order chi connectivity index (χ0) is 14.5. The second-order valence-electron chi connectivity index (χ2n) is 4.56. The highest BCUT2D eigenvalue weighted by atomic mass is 32.2. The third-order valence-corrected chi connectivity index (χ3v) is 3.79. The van der Waals surface area contributed by atoms with Gasteiger partial charge >= 0.3 is 6.03 Å². The maximum atomic E-state index is 11.8. The van der Waals surface area contributed by atoms with Crippen molar-refractivity contribution < 1.29 is 13.2 Å². The molecule has 1 rings (SSSR count). The molecule has 0 aliphatic rings. The van der Waals surface area contributed by atoms with Gasteiger partial charge in [0.05, 0.1) is 10.6 Å². The van der Waals surface area contributed by atoms with E-state index in [1.54, 1.807) is 18.2 Å². The maximum absolute atomic E-state index is 11.8. The molecule has 2 N–H and O–H groups in total. The van der Waals surface area contributed by atoms with E-state index in [2.05, 4.69) is 10.6 Å². The van der Waals surface area contributed by atoms with Crippen molar-refractivity contribution in [2.75, 3.05) is 11.6 Å². The highest BCUT2D eigenvalue weighted by Gasteiger charge is 2.15. The zero-order valence-corrected chi connectivity index (χ0v) is 12.3. The van der Waals surface area contributed by atoms with Gasteiger partial charge in [0.25, 0.3) is 0 Å². The molecule has 0 aliphatic heterocycles. The Hall–Kier alpha value is -1.56. The minimum absolute atomic E-state index is 0.0513. The smallest absolute Gasteiger partial charge is 0.319 e. The number of anilines is 1. The number of rotatable bonds is 5. The molecule has 0 heterocycles. The zero-order valence-electron chi connectivity index (χ0n) is 11.4. The average Bonchev–Trinajstić information content (AvgIpc) is 2.28. The van der Waals surface area contributed by atoms with Crippen LogP contribution in [0.15, 0.2) is 29.2 Å². The van der Waals surface area contributed by atoms with Gasteiger partial charge in [0.1, 0.15) is 0 Å². The number of amides is 2. The lowest BCUT2D eigenvalue weighted by atomic mass is 10.2. The lowest BCUT2D eigenvalue weighted by Gasteiger charge is -2.15. The molecule has 1 aromatic rings. The number of benzene rings is 1. The maximum Gasteiger partial charge on any atom is 0.319 e. The van der Waals surface area contributed by atoms with Crippen LogP contribution in [0, 0.1) is 0 Å². The first-order chi connectivity index (χ1) is 8.84. The van der Waals surface area contributed by atoms with Crippen LogP contribution < -0.4 is 10.6 Å². The summed E-state index contributed by atoms with van der Waals surface area (Å²) in [6.45, 7) is 3.95. The first-order valence-corrected chi connectivity index (χ1v) is 8.10. The van der Waals surface area contributed by atoms with E-state index in [4.69, 9.17) is 0 Å². The topological polar surface area (TPSA) is 75.3 Å². The number of hydrogen-bond acceptors (Lipinski definition) is 3. The number of sulfone groups is 1. The van der Waals surface area contributed by atoms with Gasteiger partial charge in [-0.05, 0) is 25.5 Å². The van der Waals surface area contributed by atoms with Gasteiger partial charge in [-0.25, -0.2) is 13.2 Å². The van der Waals surface area contributed by atoms with E-state index in [9.17, 15) is 13.2 Å². The monoisotopic (exact) mass is 284 g/mol. The van der Waals surface area contributed by atoms with Gasteiger partial charge in [0.2, 0.25) is 0 Å². The first kappa shape index (κ1) is 15.5. The Kier molecular flexibility index (Phi) is 5.35. The van der Waals surface area contributed by atoms with Crippen LogP contribution in [-0.4, -0.2) is 26.7 Å². The molecule has 1 aromatic carbocycles. The van der Waals surface area contributed by atoms with E-state index in [-0.39, 0.29) is 10.9 Å². The number of urea groups is 1. The van der Waals surface area contributed by atoms with E-state index < -0.39 is 15.9 Å². The molecule has 0 unspecified atom stereocenters. The van der Waals surface area contributed by atoms with Crippen molar-refractivity contribution in [3.63, 3.8) is 0 Å². The van der Waals surface area contributed by atoms with Gasteiger partial charge in [-0.15, -0.1) is 0 Å². The fourth-order valence-electron chi connectivity index (χ4n) is 1.78. The molecule has 0 aromatic heterocycles. The Labute approximate surface area is 114 Å². The molecule has 0 spiro atoms. The Balaban J connectivity index is 2.81. The predicted octanol–water partition coefficient (Wildman–Crippen LogP) is 2.40. The predicted molar refractivity (Wildman–Crippen MR) is 76.1 cm³/mol. The van der Waals surface area contributed by atoms with Crippen LogP contribution in [0.25, 0.3) is 0 Å². The third kappa shape index (κ3) is 4.90. The number of nitrogens with one attached hydrogen (secondary N) is 2. The van der Waals surface area contributed by atoms with Crippen molar-refractivity contribution in [1.29, 1.82) is 0 Å². The minimum atomic E-state index is -3.36. The third-order valence-electron chi connectivity index (χ3n) is 2.63. The van der Waals surface area contributed by atoms with Crippen LogP contribution in [0.2, 0.25) is 0 Å². The summed E-state index contributed by atoms with van der Waals surface area (Å²) in [5.74, 6) is 0. The quantitative estimate of drug-likeness (QED) is 0.871. The summed E-state index contributed by atoms with van der Waals surface area (Å²) in [5.41, 5.74) is 0.297. The first-order valence-electron chi connectivity index (χ1n) is 6.21. The van der Waals surface area contributed by atoms with Crippen LogP contribution in [0.4, 0.5) is 10.5 Å². The van der Waals surface area contributed by atoms with Crippen molar-refractivity contribution in [3.05, 3.63) is 24.3 Å². The lowest BCUT2D eigenvalue weighted by Crippen LogP contribution is -2.36. The number of carbonyl (C=O) groups is 1. The van der Waals surface area contributed by atoms with E-state index >= 15 is 0 Å². The van der Waals surface area contributed by atoms with E-state index in [1.165, 1.54) is 6.07 Å². The number of hydrogen-bond donors (Lipinski definition) is 2. The molecule has 1 atom stereocenters. The number of carbonyl (C=O) groups excluding carboxylic acids is 1. The average molecular weight is 284 g/mol. The van der Waals surface area contributed by atoms with Gasteiger partial charge in [-0.1, -0.05) is 25.5 Å². The second-order valence-corrected chi connectivity index (χ2v) is 6.54. The molecule has 0 aliphatic carbocycles.